The van der Waals surface area contributed by atoms with Crippen molar-refractivity contribution in [2.45, 2.75) is 6.18 Å². The highest BCUT2D eigenvalue weighted by Crippen LogP contribution is 2.29. The van der Waals surface area contributed by atoms with E-state index in [0.717, 1.165) is 0 Å². The Bertz CT molecular complexity index is 906. The number of carboxylic acid groups (broad SMARTS) is 1. The van der Waals surface area contributed by atoms with Gasteiger partial charge in [-0.25, -0.2) is 9.78 Å². The summed E-state index contributed by atoms with van der Waals surface area (Å²) in [5, 5.41) is 10.2. The predicted molar refractivity (Wildman–Crippen MR) is 77.8 cm³/mol. The minimum absolute atomic E-state index is 0.0315. The minimum Gasteiger partial charge on any atom is -0.482 e. The van der Waals surface area contributed by atoms with Gasteiger partial charge in [0.05, 0.1) is 11.1 Å². The lowest BCUT2D eigenvalue weighted by molar-refractivity contribution is -0.153. The summed E-state index contributed by atoms with van der Waals surface area (Å²) < 4.78 is 41.8. The number of pyridine rings is 1. The highest BCUT2D eigenvalue weighted by atomic mass is 19.4. The second kappa shape index (κ2) is 5.42. The quantitative estimate of drug-likeness (QED) is 0.740. The molecule has 0 aliphatic carbocycles. The molecule has 0 unspecified atom stereocenters. The fourth-order valence-electron chi connectivity index (χ4n) is 2.24. The third-order valence-electron chi connectivity index (χ3n) is 3.24. The summed E-state index contributed by atoms with van der Waals surface area (Å²) in [5.74, 6) is -1.03. The Balaban J connectivity index is 2.11. The van der Waals surface area contributed by atoms with E-state index in [4.69, 9.17) is 9.84 Å². The van der Waals surface area contributed by atoms with Gasteiger partial charge in [-0.1, -0.05) is 12.1 Å². The molecule has 0 atom stereocenters. The van der Waals surface area contributed by atoms with Gasteiger partial charge in [0.15, 0.2) is 6.61 Å². The molecule has 0 radical (unpaired) electrons. The Kier molecular flexibility index (Phi) is 3.55. The predicted octanol–water partition coefficient (Wildman–Crippen LogP) is 4.03. The zero-order valence-electron chi connectivity index (χ0n) is 11.6. The number of nitrogens with zero attached hydrogens (tertiary/aromatic N) is 1. The van der Waals surface area contributed by atoms with Crippen LogP contribution in [0.4, 0.5) is 13.2 Å². The number of hydrogen-bond acceptors (Lipinski definition) is 3. The average molecular weight is 321 g/mol. The molecule has 0 saturated carbocycles. The van der Waals surface area contributed by atoms with Crippen LogP contribution in [-0.2, 0) is 0 Å². The number of hydrogen-bond donors (Lipinski definition) is 1. The fourth-order valence-corrected chi connectivity index (χ4v) is 2.24. The first kappa shape index (κ1) is 15.1. The van der Waals surface area contributed by atoms with Crippen LogP contribution in [0.15, 0.2) is 42.5 Å². The molecule has 3 aromatic rings. The molecule has 2 aromatic carbocycles. The summed E-state index contributed by atoms with van der Waals surface area (Å²) in [5.41, 5.74) is 0.890. The van der Waals surface area contributed by atoms with Gasteiger partial charge in [0.25, 0.3) is 0 Å². The summed E-state index contributed by atoms with van der Waals surface area (Å²) in [6.45, 7) is -1.40. The molecule has 0 spiro atoms. The van der Waals surface area contributed by atoms with Crippen molar-refractivity contribution in [1.29, 1.82) is 0 Å². The number of para-hydroxylation sites is 1. The molecule has 0 amide bonds. The average Bonchev–Trinajstić information content (AvgIpc) is 2.49. The minimum atomic E-state index is -4.44. The normalized spacial score (nSPS) is 11.8. The second-order valence-corrected chi connectivity index (χ2v) is 4.93. The number of fused-ring (bicyclic) bond motifs is 2. The van der Waals surface area contributed by atoms with Crippen LogP contribution in [0.3, 0.4) is 0 Å². The number of carbonyl (C=O) groups is 1. The van der Waals surface area contributed by atoms with Crippen LogP contribution in [-0.4, -0.2) is 28.8 Å². The Labute approximate surface area is 128 Å². The molecule has 118 valence electrons. The van der Waals surface area contributed by atoms with Crippen molar-refractivity contribution in [1.82, 2.24) is 4.98 Å². The van der Waals surface area contributed by atoms with Crippen LogP contribution in [0.1, 0.15) is 10.4 Å². The molecule has 0 aliphatic rings. The van der Waals surface area contributed by atoms with Crippen LogP contribution < -0.4 is 4.74 Å². The summed E-state index contributed by atoms with van der Waals surface area (Å²) in [6, 6.07) is 10.7. The van der Waals surface area contributed by atoms with Gasteiger partial charge in [0, 0.05) is 10.8 Å². The van der Waals surface area contributed by atoms with Gasteiger partial charge in [0.2, 0.25) is 0 Å². The maximum Gasteiger partial charge on any atom is 0.422 e. The first-order chi connectivity index (χ1) is 10.8. The number of alkyl halides is 3. The lowest BCUT2D eigenvalue weighted by Crippen LogP contribution is -2.19. The van der Waals surface area contributed by atoms with Crippen molar-refractivity contribution in [3.05, 3.63) is 48.0 Å². The van der Waals surface area contributed by atoms with E-state index in [1.807, 2.05) is 0 Å². The molecule has 1 heterocycles. The van der Waals surface area contributed by atoms with Gasteiger partial charge in [-0.05, 0) is 30.3 Å². The molecule has 1 N–H and O–H groups in total. The first-order valence-corrected chi connectivity index (χ1v) is 6.60. The zero-order chi connectivity index (χ0) is 16.6. The van der Waals surface area contributed by atoms with Crippen molar-refractivity contribution in [2.75, 3.05) is 6.61 Å². The monoisotopic (exact) mass is 321 g/mol. The lowest BCUT2D eigenvalue weighted by Gasteiger charge is -2.11. The highest BCUT2D eigenvalue weighted by Gasteiger charge is 2.28. The van der Waals surface area contributed by atoms with E-state index in [9.17, 15) is 18.0 Å². The van der Waals surface area contributed by atoms with Crippen LogP contribution in [0.2, 0.25) is 0 Å². The number of benzene rings is 2. The number of aromatic nitrogens is 1. The van der Waals surface area contributed by atoms with E-state index in [2.05, 4.69) is 4.98 Å². The number of ether oxygens (including phenoxy) is 1. The van der Waals surface area contributed by atoms with Crippen molar-refractivity contribution in [3.8, 4) is 5.75 Å². The summed E-state index contributed by atoms with van der Waals surface area (Å²) in [7, 11) is 0. The summed E-state index contributed by atoms with van der Waals surface area (Å²) in [4.78, 5) is 15.3. The Morgan fingerprint density at radius 2 is 1.91 bits per heavy atom. The molecule has 23 heavy (non-hydrogen) atoms. The van der Waals surface area contributed by atoms with Crippen molar-refractivity contribution < 1.29 is 27.8 Å². The first-order valence-electron chi connectivity index (χ1n) is 6.60. The molecule has 1 aromatic heterocycles. The number of carboxylic acids is 1. The Morgan fingerprint density at radius 3 is 2.61 bits per heavy atom. The summed E-state index contributed by atoms with van der Waals surface area (Å²) >= 11 is 0. The van der Waals surface area contributed by atoms with E-state index < -0.39 is 18.8 Å². The molecule has 7 heteroatoms. The number of aromatic carboxylic acids is 1. The van der Waals surface area contributed by atoms with Crippen LogP contribution in [0.5, 0.6) is 5.75 Å². The summed E-state index contributed by atoms with van der Waals surface area (Å²) in [6.07, 6.45) is -4.44. The standard InChI is InChI=1S/C16H10F3NO3/c17-16(18,19)8-23-13-3-1-2-9-6-11-7-10(15(21)22)4-5-12(11)20-14(9)13/h1-7H,8H2,(H,21,22). The van der Waals surface area contributed by atoms with Gasteiger partial charge in [0.1, 0.15) is 11.3 Å². The van der Waals surface area contributed by atoms with Gasteiger partial charge in [-0.2, -0.15) is 13.2 Å². The van der Waals surface area contributed by atoms with Gasteiger partial charge in [-0.3, -0.25) is 0 Å². The Hall–Kier alpha value is -2.83. The van der Waals surface area contributed by atoms with E-state index in [0.29, 0.717) is 21.8 Å². The molecule has 0 bridgehead atoms. The molecule has 4 nitrogen and oxygen atoms in total. The maximum atomic E-state index is 12.3. The Morgan fingerprint density at radius 1 is 1.13 bits per heavy atom. The molecule has 0 aliphatic heterocycles. The third-order valence-corrected chi connectivity index (χ3v) is 3.24. The fraction of sp³-hybridized carbons (Fsp3) is 0.125. The lowest BCUT2D eigenvalue weighted by atomic mass is 10.1. The van der Waals surface area contributed by atoms with Crippen LogP contribution >= 0.6 is 0 Å². The largest absolute Gasteiger partial charge is 0.482 e. The van der Waals surface area contributed by atoms with E-state index >= 15 is 0 Å². The van der Waals surface area contributed by atoms with E-state index in [1.165, 1.54) is 24.3 Å². The highest BCUT2D eigenvalue weighted by molar-refractivity contribution is 5.99. The number of rotatable bonds is 3. The van der Waals surface area contributed by atoms with Gasteiger partial charge in [-0.15, -0.1) is 0 Å². The van der Waals surface area contributed by atoms with E-state index in [1.54, 1.807) is 18.2 Å². The van der Waals surface area contributed by atoms with Crippen LogP contribution in [0.25, 0.3) is 21.8 Å². The second-order valence-electron chi connectivity index (χ2n) is 4.93. The zero-order valence-corrected chi connectivity index (χ0v) is 11.6. The molecule has 0 fully saturated rings. The van der Waals surface area contributed by atoms with E-state index in [-0.39, 0.29) is 11.3 Å². The van der Waals surface area contributed by atoms with Gasteiger partial charge < -0.3 is 9.84 Å². The smallest absolute Gasteiger partial charge is 0.422 e. The van der Waals surface area contributed by atoms with Crippen LogP contribution in [0, 0.1) is 0 Å². The molecular weight excluding hydrogens is 311 g/mol. The molecular formula is C16H10F3NO3. The maximum absolute atomic E-state index is 12.3. The van der Waals surface area contributed by atoms with Crippen molar-refractivity contribution in [2.24, 2.45) is 0 Å². The topological polar surface area (TPSA) is 59.4 Å². The number of halogens is 3. The SMILES string of the molecule is O=C(O)c1ccc2nc3c(OCC(F)(F)F)cccc3cc2c1. The molecule has 0 saturated heterocycles. The molecule has 3 rings (SSSR count). The van der Waals surface area contributed by atoms with Crippen molar-refractivity contribution >= 4 is 27.8 Å². The third kappa shape index (κ3) is 3.18. The van der Waals surface area contributed by atoms with Gasteiger partial charge >= 0.3 is 12.1 Å². The van der Waals surface area contributed by atoms with Crippen molar-refractivity contribution in [3.63, 3.8) is 0 Å².